The van der Waals surface area contributed by atoms with Crippen LogP contribution in [0.15, 0.2) is 45.6 Å². The zero-order chi connectivity index (χ0) is 12.2. The van der Waals surface area contributed by atoms with E-state index in [1.54, 1.807) is 0 Å². The van der Waals surface area contributed by atoms with Crippen LogP contribution in [0.4, 0.5) is 0 Å². The maximum Gasteiger partial charge on any atom is 0.170 e. The second-order valence-electron chi connectivity index (χ2n) is 5.14. The fourth-order valence-electron chi connectivity index (χ4n) is 2.89. The molecule has 0 heterocycles. The van der Waals surface area contributed by atoms with E-state index in [1.807, 2.05) is 26.0 Å². The van der Waals surface area contributed by atoms with Crippen molar-refractivity contribution in [3.8, 4) is 0 Å². The van der Waals surface area contributed by atoms with Gasteiger partial charge in [0, 0.05) is 11.1 Å². The molecule has 0 aromatic carbocycles. The van der Waals surface area contributed by atoms with Crippen LogP contribution in [0.25, 0.3) is 0 Å². The highest BCUT2D eigenvalue weighted by molar-refractivity contribution is 6.18. The second kappa shape index (κ2) is 3.39. The predicted octanol–water partition coefficient (Wildman–Crippen LogP) is 2.82. The van der Waals surface area contributed by atoms with Gasteiger partial charge in [-0.2, -0.15) is 0 Å². The minimum absolute atomic E-state index is 0.0118. The summed E-state index contributed by atoms with van der Waals surface area (Å²) in [7, 11) is 0. The first kappa shape index (κ1) is 10.5. The fourth-order valence-corrected chi connectivity index (χ4v) is 2.89. The predicted molar refractivity (Wildman–Crippen MR) is 65.4 cm³/mol. The molecule has 0 saturated carbocycles. The van der Waals surface area contributed by atoms with Crippen LogP contribution in [0, 0.1) is 0 Å². The normalized spacial score (nSPS) is 23.6. The summed E-state index contributed by atoms with van der Waals surface area (Å²) in [5.41, 5.74) is 6.19. The van der Waals surface area contributed by atoms with Gasteiger partial charge in [-0.15, -0.1) is 0 Å². The van der Waals surface area contributed by atoms with Crippen molar-refractivity contribution in [2.24, 2.45) is 0 Å². The van der Waals surface area contributed by atoms with E-state index in [0.717, 1.165) is 35.1 Å². The van der Waals surface area contributed by atoms with Crippen molar-refractivity contribution >= 4 is 11.6 Å². The van der Waals surface area contributed by atoms with Gasteiger partial charge in [-0.3, -0.25) is 9.59 Å². The molecule has 2 nitrogen and oxygen atoms in total. The SMILES string of the molecule is CC1=CC2=C(C1)C1=C(C=C(C)C1)C(=O)CC2=O. The standard InChI is InChI=1S/C15H14O2/c1-8-3-10-11-4-9(2)6-13(11)15(17)7-14(16)12(10)5-8/h5-6H,3-4,7H2,1-2H3. The van der Waals surface area contributed by atoms with Crippen LogP contribution in [-0.2, 0) is 9.59 Å². The summed E-state index contributed by atoms with van der Waals surface area (Å²) in [4.78, 5) is 24.0. The van der Waals surface area contributed by atoms with E-state index < -0.39 is 0 Å². The molecule has 0 radical (unpaired) electrons. The van der Waals surface area contributed by atoms with Gasteiger partial charge in [0.1, 0.15) is 0 Å². The fraction of sp³-hybridized carbons (Fsp3) is 0.333. The minimum atomic E-state index is -0.0118. The molecule has 0 N–H and O–H groups in total. The summed E-state index contributed by atoms with van der Waals surface area (Å²) in [6.45, 7) is 4.08. The molecular formula is C15H14O2. The number of carbonyl (C=O) groups excluding carboxylic acids is 2. The summed E-state index contributed by atoms with van der Waals surface area (Å²) in [6, 6.07) is 0. The Hall–Kier alpha value is -1.70. The molecule has 2 heteroatoms. The Morgan fingerprint density at radius 2 is 1.18 bits per heavy atom. The number of hydrogen-bond acceptors (Lipinski definition) is 2. The first-order chi connectivity index (χ1) is 8.06. The van der Waals surface area contributed by atoms with Crippen molar-refractivity contribution in [2.75, 3.05) is 0 Å². The van der Waals surface area contributed by atoms with Gasteiger partial charge in [0.05, 0.1) is 6.42 Å². The number of ketones is 2. The summed E-state index contributed by atoms with van der Waals surface area (Å²) in [6.07, 6.45) is 5.59. The Morgan fingerprint density at radius 3 is 1.59 bits per heavy atom. The third-order valence-corrected chi connectivity index (χ3v) is 3.63. The van der Waals surface area contributed by atoms with E-state index >= 15 is 0 Å². The van der Waals surface area contributed by atoms with Gasteiger partial charge in [-0.05, 0) is 37.8 Å². The van der Waals surface area contributed by atoms with Crippen molar-refractivity contribution < 1.29 is 9.59 Å². The largest absolute Gasteiger partial charge is 0.294 e. The first-order valence-corrected chi connectivity index (χ1v) is 5.93. The van der Waals surface area contributed by atoms with Crippen LogP contribution < -0.4 is 0 Å². The number of rotatable bonds is 0. The molecule has 0 unspecified atom stereocenters. The minimum Gasteiger partial charge on any atom is -0.294 e. The van der Waals surface area contributed by atoms with Gasteiger partial charge >= 0.3 is 0 Å². The lowest BCUT2D eigenvalue weighted by Gasteiger charge is -2.07. The van der Waals surface area contributed by atoms with Gasteiger partial charge in [-0.25, -0.2) is 0 Å². The number of hydrogen-bond donors (Lipinski definition) is 0. The molecule has 0 fully saturated rings. The van der Waals surface area contributed by atoms with Crippen LogP contribution in [-0.4, -0.2) is 11.6 Å². The molecule has 0 aromatic heterocycles. The Kier molecular flexibility index (Phi) is 2.09. The molecule has 0 spiro atoms. The zero-order valence-corrected chi connectivity index (χ0v) is 10.1. The number of carbonyl (C=O) groups is 2. The molecule has 0 saturated heterocycles. The molecule has 3 rings (SSSR count). The third kappa shape index (κ3) is 1.47. The Bertz CT molecular complexity index is 528. The number of Topliss-reactive ketones (excluding diaryl/α,β-unsaturated/α-hetero) is 2. The van der Waals surface area contributed by atoms with Crippen LogP contribution in [0.3, 0.4) is 0 Å². The molecule has 0 amide bonds. The monoisotopic (exact) mass is 226 g/mol. The van der Waals surface area contributed by atoms with Crippen LogP contribution >= 0.6 is 0 Å². The lowest BCUT2D eigenvalue weighted by atomic mass is 9.96. The summed E-state index contributed by atoms with van der Waals surface area (Å²) in [5, 5.41) is 0. The maximum absolute atomic E-state index is 12.0. The zero-order valence-electron chi connectivity index (χ0n) is 10.1. The van der Waals surface area contributed by atoms with E-state index in [-0.39, 0.29) is 18.0 Å². The number of allylic oxidation sites excluding steroid dienone is 8. The van der Waals surface area contributed by atoms with E-state index in [0.29, 0.717) is 0 Å². The average Bonchev–Trinajstić information content (AvgIpc) is 2.79. The van der Waals surface area contributed by atoms with E-state index in [9.17, 15) is 9.59 Å². The van der Waals surface area contributed by atoms with Crippen molar-refractivity contribution in [1.29, 1.82) is 0 Å². The Morgan fingerprint density at radius 1 is 0.765 bits per heavy atom. The first-order valence-electron chi connectivity index (χ1n) is 5.93. The van der Waals surface area contributed by atoms with E-state index in [1.165, 1.54) is 11.1 Å². The van der Waals surface area contributed by atoms with Crippen molar-refractivity contribution in [2.45, 2.75) is 33.1 Å². The van der Waals surface area contributed by atoms with Crippen molar-refractivity contribution in [3.63, 3.8) is 0 Å². The highest BCUT2D eigenvalue weighted by Gasteiger charge is 2.32. The molecule has 17 heavy (non-hydrogen) atoms. The number of fused-ring (bicyclic) bond motifs is 1. The van der Waals surface area contributed by atoms with Crippen LogP contribution in [0.5, 0.6) is 0 Å². The molecule has 3 aliphatic rings. The second-order valence-corrected chi connectivity index (χ2v) is 5.14. The Labute approximate surface area is 100 Å². The molecule has 0 atom stereocenters. The van der Waals surface area contributed by atoms with Crippen molar-refractivity contribution in [3.05, 3.63) is 45.6 Å². The lowest BCUT2D eigenvalue weighted by molar-refractivity contribution is -0.122. The topological polar surface area (TPSA) is 34.1 Å². The lowest BCUT2D eigenvalue weighted by Crippen LogP contribution is -2.08. The molecule has 0 bridgehead atoms. The molecule has 0 aliphatic heterocycles. The summed E-state index contributed by atoms with van der Waals surface area (Å²) in [5.74, 6) is -0.0235. The highest BCUT2D eigenvalue weighted by atomic mass is 16.1. The van der Waals surface area contributed by atoms with E-state index in [2.05, 4.69) is 0 Å². The van der Waals surface area contributed by atoms with Gasteiger partial charge < -0.3 is 0 Å². The maximum atomic E-state index is 12.0. The Balaban J connectivity index is 2.15. The average molecular weight is 226 g/mol. The van der Waals surface area contributed by atoms with Crippen LogP contribution in [0.1, 0.15) is 33.1 Å². The molecule has 0 aromatic rings. The molecule has 86 valence electrons. The van der Waals surface area contributed by atoms with Gasteiger partial charge in [0.2, 0.25) is 0 Å². The highest BCUT2D eigenvalue weighted by Crippen LogP contribution is 2.41. The summed E-state index contributed by atoms with van der Waals surface area (Å²) < 4.78 is 0. The smallest absolute Gasteiger partial charge is 0.170 e. The molecule has 3 aliphatic carbocycles. The van der Waals surface area contributed by atoms with Gasteiger partial charge in [-0.1, -0.05) is 23.3 Å². The van der Waals surface area contributed by atoms with Gasteiger partial charge in [0.15, 0.2) is 11.6 Å². The molecular weight excluding hydrogens is 212 g/mol. The van der Waals surface area contributed by atoms with Crippen molar-refractivity contribution in [1.82, 2.24) is 0 Å². The van der Waals surface area contributed by atoms with E-state index in [4.69, 9.17) is 0 Å². The quantitative estimate of drug-likeness (QED) is 0.595. The van der Waals surface area contributed by atoms with Crippen LogP contribution in [0.2, 0.25) is 0 Å². The summed E-state index contributed by atoms with van der Waals surface area (Å²) >= 11 is 0. The third-order valence-electron chi connectivity index (χ3n) is 3.63. The van der Waals surface area contributed by atoms with Gasteiger partial charge in [0.25, 0.3) is 0 Å².